The van der Waals surface area contributed by atoms with Crippen LogP contribution in [0.5, 0.6) is 5.75 Å². The lowest BCUT2D eigenvalue weighted by atomic mass is 10.2. The van der Waals surface area contributed by atoms with Crippen molar-refractivity contribution in [3.63, 3.8) is 0 Å². The molecule has 0 bridgehead atoms. The molecule has 2 N–H and O–H groups in total. The summed E-state index contributed by atoms with van der Waals surface area (Å²) in [6, 6.07) is 3.37. The van der Waals surface area contributed by atoms with Gasteiger partial charge in [-0.2, -0.15) is 0 Å². The van der Waals surface area contributed by atoms with Crippen LogP contribution in [0.4, 0.5) is 0 Å². The molecule has 0 saturated carbocycles. The van der Waals surface area contributed by atoms with Crippen LogP contribution in [0.2, 0.25) is 10.0 Å². The lowest BCUT2D eigenvalue weighted by Crippen LogP contribution is -1.98. The average Bonchev–Trinajstić information content (AvgIpc) is 2.05. The Morgan fingerprint density at radius 2 is 2.00 bits per heavy atom. The number of hydrogen-bond acceptors (Lipinski definition) is 2. The minimum atomic E-state index is 0.381. The summed E-state index contributed by atoms with van der Waals surface area (Å²) in [5, 5.41) is 1.07. The molecule has 1 rings (SSSR count). The van der Waals surface area contributed by atoms with Crippen molar-refractivity contribution in [3.05, 3.63) is 27.7 Å². The Kier molecular flexibility index (Phi) is 3.20. The Morgan fingerprint density at radius 1 is 1.33 bits per heavy atom. The quantitative estimate of drug-likeness (QED) is 0.806. The molecule has 0 aliphatic heterocycles. The summed E-state index contributed by atoms with van der Waals surface area (Å²) in [5.41, 5.74) is 6.27. The largest absolute Gasteiger partial charge is 0.495 e. The van der Waals surface area contributed by atoms with Crippen LogP contribution in [0.1, 0.15) is 5.56 Å². The van der Waals surface area contributed by atoms with Gasteiger partial charge in [-0.1, -0.05) is 23.2 Å². The second-order valence-corrected chi connectivity index (χ2v) is 3.10. The standard InChI is InChI=1S/C8H9Cl2NO/c1-12-8-2-5(4-11)6(9)3-7(8)10/h2-3H,4,11H2,1H3. The summed E-state index contributed by atoms with van der Waals surface area (Å²) in [7, 11) is 1.55. The number of hydrogen-bond donors (Lipinski definition) is 1. The number of halogens is 2. The summed E-state index contributed by atoms with van der Waals surface area (Å²) >= 11 is 11.6. The van der Waals surface area contributed by atoms with E-state index in [1.54, 1.807) is 19.2 Å². The van der Waals surface area contributed by atoms with Crippen molar-refractivity contribution in [2.24, 2.45) is 5.73 Å². The molecule has 12 heavy (non-hydrogen) atoms. The van der Waals surface area contributed by atoms with Crippen LogP contribution >= 0.6 is 23.2 Å². The second kappa shape index (κ2) is 3.99. The molecule has 0 saturated heterocycles. The van der Waals surface area contributed by atoms with E-state index in [1.165, 1.54) is 0 Å². The van der Waals surface area contributed by atoms with Crippen LogP contribution < -0.4 is 10.5 Å². The molecule has 1 aromatic carbocycles. The molecule has 0 aliphatic carbocycles. The third-order valence-corrected chi connectivity index (χ3v) is 2.19. The van der Waals surface area contributed by atoms with Gasteiger partial charge in [0, 0.05) is 11.6 Å². The number of methoxy groups -OCH3 is 1. The Hall–Kier alpha value is -0.440. The van der Waals surface area contributed by atoms with E-state index >= 15 is 0 Å². The lowest BCUT2D eigenvalue weighted by molar-refractivity contribution is 0.414. The van der Waals surface area contributed by atoms with Crippen molar-refractivity contribution in [1.82, 2.24) is 0 Å². The first-order valence-corrected chi connectivity index (χ1v) is 4.16. The van der Waals surface area contributed by atoms with Gasteiger partial charge in [0.25, 0.3) is 0 Å². The van der Waals surface area contributed by atoms with E-state index in [1.807, 2.05) is 0 Å². The first-order chi connectivity index (χ1) is 5.69. The van der Waals surface area contributed by atoms with Crippen LogP contribution in [0, 0.1) is 0 Å². The van der Waals surface area contributed by atoms with Gasteiger partial charge in [-0.05, 0) is 17.7 Å². The molecule has 66 valence electrons. The zero-order valence-electron chi connectivity index (χ0n) is 6.60. The van der Waals surface area contributed by atoms with E-state index in [0.717, 1.165) is 5.56 Å². The van der Waals surface area contributed by atoms with Crippen molar-refractivity contribution in [1.29, 1.82) is 0 Å². The monoisotopic (exact) mass is 205 g/mol. The Bertz CT molecular complexity index is 263. The fourth-order valence-corrected chi connectivity index (χ4v) is 1.42. The number of ether oxygens (including phenoxy) is 1. The van der Waals surface area contributed by atoms with Gasteiger partial charge in [0.2, 0.25) is 0 Å². The van der Waals surface area contributed by atoms with E-state index in [4.69, 9.17) is 33.7 Å². The van der Waals surface area contributed by atoms with Gasteiger partial charge in [-0.25, -0.2) is 0 Å². The van der Waals surface area contributed by atoms with E-state index in [-0.39, 0.29) is 0 Å². The van der Waals surface area contributed by atoms with Crippen molar-refractivity contribution in [3.8, 4) is 5.75 Å². The molecule has 0 aromatic heterocycles. The number of rotatable bonds is 2. The molecule has 0 radical (unpaired) electrons. The van der Waals surface area contributed by atoms with Crippen LogP contribution in [0.25, 0.3) is 0 Å². The zero-order valence-corrected chi connectivity index (χ0v) is 8.12. The predicted octanol–water partition coefficient (Wildman–Crippen LogP) is 2.46. The minimum Gasteiger partial charge on any atom is -0.495 e. The topological polar surface area (TPSA) is 35.2 Å². The zero-order chi connectivity index (χ0) is 9.14. The van der Waals surface area contributed by atoms with Gasteiger partial charge in [-0.3, -0.25) is 0 Å². The molecule has 0 fully saturated rings. The molecule has 0 spiro atoms. The maximum Gasteiger partial charge on any atom is 0.137 e. The maximum absolute atomic E-state index is 5.84. The van der Waals surface area contributed by atoms with Crippen LogP contribution in [0.15, 0.2) is 12.1 Å². The summed E-state index contributed by atoms with van der Waals surface area (Å²) in [6.45, 7) is 0.381. The van der Waals surface area contributed by atoms with Gasteiger partial charge in [0.15, 0.2) is 0 Å². The van der Waals surface area contributed by atoms with Crippen molar-refractivity contribution in [2.45, 2.75) is 6.54 Å². The second-order valence-electron chi connectivity index (χ2n) is 2.28. The third-order valence-electron chi connectivity index (χ3n) is 1.54. The van der Waals surface area contributed by atoms with Crippen LogP contribution in [0.3, 0.4) is 0 Å². The fourth-order valence-electron chi connectivity index (χ4n) is 0.884. The molecule has 0 aliphatic rings. The summed E-state index contributed by atoms with van der Waals surface area (Å²) in [4.78, 5) is 0. The van der Waals surface area contributed by atoms with E-state index < -0.39 is 0 Å². The Morgan fingerprint density at radius 3 is 2.50 bits per heavy atom. The number of benzene rings is 1. The number of nitrogens with two attached hydrogens (primary N) is 1. The normalized spacial score (nSPS) is 10.0. The van der Waals surface area contributed by atoms with E-state index in [0.29, 0.717) is 22.3 Å². The molecular weight excluding hydrogens is 197 g/mol. The fraction of sp³-hybridized carbons (Fsp3) is 0.250. The molecule has 4 heteroatoms. The van der Waals surface area contributed by atoms with Gasteiger partial charge in [-0.15, -0.1) is 0 Å². The molecule has 2 nitrogen and oxygen atoms in total. The molecule has 0 amide bonds. The first-order valence-electron chi connectivity index (χ1n) is 3.41. The van der Waals surface area contributed by atoms with Crippen molar-refractivity contribution in [2.75, 3.05) is 7.11 Å². The molecule has 0 atom stereocenters. The van der Waals surface area contributed by atoms with Gasteiger partial charge in [0.05, 0.1) is 12.1 Å². The maximum atomic E-state index is 5.84. The Labute approximate surface area is 81.2 Å². The summed E-state index contributed by atoms with van der Waals surface area (Å²) < 4.78 is 5.00. The smallest absolute Gasteiger partial charge is 0.137 e. The average molecular weight is 206 g/mol. The highest BCUT2D eigenvalue weighted by Crippen LogP contribution is 2.30. The van der Waals surface area contributed by atoms with Gasteiger partial charge >= 0.3 is 0 Å². The van der Waals surface area contributed by atoms with Crippen LogP contribution in [-0.4, -0.2) is 7.11 Å². The van der Waals surface area contributed by atoms with Gasteiger partial charge in [0.1, 0.15) is 5.75 Å². The first kappa shape index (κ1) is 9.65. The molecular formula is C8H9Cl2NO. The predicted molar refractivity (Wildman–Crippen MR) is 50.9 cm³/mol. The summed E-state index contributed by atoms with van der Waals surface area (Å²) in [5.74, 6) is 0.599. The highest BCUT2D eigenvalue weighted by atomic mass is 35.5. The van der Waals surface area contributed by atoms with Gasteiger partial charge < -0.3 is 10.5 Å². The summed E-state index contributed by atoms with van der Waals surface area (Å²) in [6.07, 6.45) is 0. The van der Waals surface area contributed by atoms with E-state index in [9.17, 15) is 0 Å². The highest BCUT2D eigenvalue weighted by molar-refractivity contribution is 6.36. The van der Waals surface area contributed by atoms with Crippen molar-refractivity contribution >= 4 is 23.2 Å². The molecule has 1 aromatic rings. The Balaban J connectivity index is 3.18. The minimum absolute atomic E-state index is 0.381. The lowest BCUT2D eigenvalue weighted by Gasteiger charge is -2.06. The van der Waals surface area contributed by atoms with E-state index in [2.05, 4.69) is 0 Å². The SMILES string of the molecule is COc1cc(CN)c(Cl)cc1Cl. The van der Waals surface area contributed by atoms with Crippen molar-refractivity contribution < 1.29 is 4.74 Å². The molecule has 0 unspecified atom stereocenters. The van der Waals surface area contributed by atoms with Crippen LogP contribution in [-0.2, 0) is 6.54 Å². The molecule has 0 heterocycles. The highest BCUT2D eigenvalue weighted by Gasteiger charge is 2.05. The third kappa shape index (κ3) is 1.83.